The summed E-state index contributed by atoms with van der Waals surface area (Å²) in [7, 11) is 0. The molecule has 2 N–H and O–H groups in total. The summed E-state index contributed by atoms with van der Waals surface area (Å²) in [5.74, 6) is 1.20. The third kappa shape index (κ3) is 3.28. The van der Waals surface area contributed by atoms with Crippen LogP contribution in [0.1, 0.15) is 19.2 Å². The Kier molecular flexibility index (Phi) is 3.76. The van der Waals surface area contributed by atoms with Crippen molar-refractivity contribution in [2.75, 3.05) is 0 Å². The Hall–Kier alpha value is -1.39. The molecule has 0 aliphatic rings. The highest BCUT2D eigenvalue weighted by molar-refractivity contribution is 6.30. The maximum absolute atomic E-state index is 5.81. The molecule has 0 aliphatic carbocycles. The van der Waals surface area contributed by atoms with Gasteiger partial charge in [0.1, 0.15) is 0 Å². The third-order valence-corrected chi connectivity index (χ3v) is 2.64. The Labute approximate surface area is 105 Å². The van der Waals surface area contributed by atoms with Crippen molar-refractivity contribution in [1.82, 2.24) is 10.1 Å². The molecule has 5 heteroatoms. The SMILES string of the molecule is CC(N)CCc1nc(-c2ccc(Cl)cc2)no1. The number of aromatic nitrogens is 2. The highest BCUT2D eigenvalue weighted by Gasteiger charge is 2.08. The van der Waals surface area contributed by atoms with E-state index in [2.05, 4.69) is 10.1 Å². The van der Waals surface area contributed by atoms with Gasteiger partial charge in [0.15, 0.2) is 0 Å². The van der Waals surface area contributed by atoms with Crippen LogP contribution in [-0.2, 0) is 6.42 Å². The van der Waals surface area contributed by atoms with E-state index in [9.17, 15) is 0 Å². The van der Waals surface area contributed by atoms with E-state index in [4.69, 9.17) is 21.9 Å². The van der Waals surface area contributed by atoms with Gasteiger partial charge in [-0.1, -0.05) is 16.8 Å². The van der Waals surface area contributed by atoms with Gasteiger partial charge in [0.2, 0.25) is 11.7 Å². The quantitative estimate of drug-likeness (QED) is 0.907. The minimum atomic E-state index is 0.140. The third-order valence-electron chi connectivity index (χ3n) is 2.38. The highest BCUT2D eigenvalue weighted by atomic mass is 35.5. The highest BCUT2D eigenvalue weighted by Crippen LogP contribution is 2.18. The molecule has 1 atom stereocenters. The molecule has 1 heterocycles. The molecule has 0 amide bonds. The fourth-order valence-electron chi connectivity index (χ4n) is 1.42. The molecular formula is C12H14ClN3O. The minimum absolute atomic E-state index is 0.140. The van der Waals surface area contributed by atoms with Crippen LogP contribution in [0.2, 0.25) is 5.02 Å². The zero-order valence-electron chi connectivity index (χ0n) is 9.56. The van der Waals surface area contributed by atoms with E-state index in [0.717, 1.165) is 12.0 Å². The summed E-state index contributed by atoms with van der Waals surface area (Å²) in [5.41, 5.74) is 6.56. The van der Waals surface area contributed by atoms with E-state index in [0.29, 0.717) is 23.2 Å². The molecule has 0 radical (unpaired) electrons. The van der Waals surface area contributed by atoms with Crippen molar-refractivity contribution in [2.45, 2.75) is 25.8 Å². The van der Waals surface area contributed by atoms with Crippen LogP contribution in [0, 0.1) is 0 Å². The molecule has 0 aliphatic heterocycles. The average molecular weight is 252 g/mol. The monoisotopic (exact) mass is 251 g/mol. The Balaban J connectivity index is 2.10. The molecule has 1 aromatic heterocycles. The lowest BCUT2D eigenvalue weighted by Crippen LogP contribution is -2.15. The topological polar surface area (TPSA) is 64.9 Å². The largest absolute Gasteiger partial charge is 0.339 e. The fraction of sp³-hybridized carbons (Fsp3) is 0.333. The molecule has 1 unspecified atom stereocenters. The van der Waals surface area contributed by atoms with Crippen molar-refractivity contribution in [2.24, 2.45) is 5.73 Å². The number of nitrogens with zero attached hydrogens (tertiary/aromatic N) is 2. The van der Waals surface area contributed by atoms with Crippen LogP contribution < -0.4 is 5.73 Å². The van der Waals surface area contributed by atoms with E-state index in [1.807, 2.05) is 19.1 Å². The van der Waals surface area contributed by atoms with Crippen LogP contribution in [0.4, 0.5) is 0 Å². The van der Waals surface area contributed by atoms with E-state index >= 15 is 0 Å². The number of nitrogens with two attached hydrogens (primary N) is 1. The lowest BCUT2D eigenvalue weighted by molar-refractivity contribution is 0.372. The summed E-state index contributed by atoms with van der Waals surface area (Å²) in [6.07, 6.45) is 1.54. The van der Waals surface area contributed by atoms with Gasteiger partial charge in [-0.3, -0.25) is 0 Å². The molecule has 0 spiro atoms. The summed E-state index contributed by atoms with van der Waals surface area (Å²) in [5, 5.41) is 4.61. The van der Waals surface area contributed by atoms with Gasteiger partial charge in [-0.15, -0.1) is 0 Å². The molecule has 17 heavy (non-hydrogen) atoms. The molecule has 0 fully saturated rings. The Morgan fingerprint density at radius 3 is 2.71 bits per heavy atom. The van der Waals surface area contributed by atoms with Crippen molar-refractivity contribution >= 4 is 11.6 Å². The first-order chi connectivity index (χ1) is 8.15. The summed E-state index contributed by atoms with van der Waals surface area (Å²) in [6.45, 7) is 1.95. The first-order valence-corrected chi connectivity index (χ1v) is 5.87. The predicted molar refractivity (Wildman–Crippen MR) is 66.7 cm³/mol. The van der Waals surface area contributed by atoms with Crippen molar-refractivity contribution in [3.63, 3.8) is 0 Å². The maximum Gasteiger partial charge on any atom is 0.227 e. The van der Waals surface area contributed by atoms with Gasteiger partial charge < -0.3 is 10.3 Å². The lowest BCUT2D eigenvalue weighted by Gasteiger charge is -1.99. The molecule has 0 saturated heterocycles. The average Bonchev–Trinajstić information content (AvgIpc) is 2.76. The van der Waals surface area contributed by atoms with Crippen LogP contribution >= 0.6 is 11.6 Å². The van der Waals surface area contributed by atoms with E-state index in [-0.39, 0.29) is 6.04 Å². The van der Waals surface area contributed by atoms with Crippen LogP contribution in [0.25, 0.3) is 11.4 Å². The molecule has 1 aromatic carbocycles. The number of hydrogen-bond donors (Lipinski definition) is 1. The first kappa shape index (κ1) is 12.1. The van der Waals surface area contributed by atoms with Crippen molar-refractivity contribution in [3.8, 4) is 11.4 Å². The Bertz CT molecular complexity index is 479. The minimum Gasteiger partial charge on any atom is -0.339 e. The molecule has 0 saturated carbocycles. The molecular weight excluding hydrogens is 238 g/mol. The number of rotatable bonds is 4. The summed E-state index contributed by atoms with van der Waals surface area (Å²) in [6, 6.07) is 7.47. The second kappa shape index (κ2) is 5.29. The fourth-order valence-corrected chi connectivity index (χ4v) is 1.55. The summed E-state index contributed by atoms with van der Waals surface area (Å²) >= 11 is 5.81. The van der Waals surface area contributed by atoms with Gasteiger partial charge in [-0.2, -0.15) is 4.98 Å². The van der Waals surface area contributed by atoms with Crippen molar-refractivity contribution in [1.29, 1.82) is 0 Å². The predicted octanol–water partition coefficient (Wildman–Crippen LogP) is 2.67. The van der Waals surface area contributed by atoms with Gasteiger partial charge >= 0.3 is 0 Å². The number of hydrogen-bond acceptors (Lipinski definition) is 4. The first-order valence-electron chi connectivity index (χ1n) is 5.49. The van der Waals surface area contributed by atoms with E-state index in [1.165, 1.54) is 0 Å². The number of aryl methyl sites for hydroxylation is 1. The van der Waals surface area contributed by atoms with E-state index in [1.54, 1.807) is 12.1 Å². The zero-order chi connectivity index (χ0) is 12.3. The van der Waals surface area contributed by atoms with E-state index < -0.39 is 0 Å². The number of benzene rings is 1. The van der Waals surface area contributed by atoms with Crippen LogP contribution in [-0.4, -0.2) is 16.2 Å². The van der Waals surface area contributed by atoms with Crippen LogP contribution in [0.15, 0.2) is 28.8 Å². The lowest BCUT2D eigenvalue weighted by atomic mass is 10.2. The maximum atomic E-state index is 5.81. The molecule has 4 nitrogen and oxygen atoms in total. The second-order valence-corrected chi connectivity index (χ2v) is 4.47. The van der Waals surface area contributed by atoms with Gasteiger partial charge in [-0.25, -0.2) is 0 Å². The molecule has 90 valence electrons. The molecule has 2 rings (SSSR count). The van der Waals surface area contributed by atoms with Gasteiger partial charge in [0.25, 0.3) is 0 Å². The second-order valence-electron chi connectivity index (χ2n) is 4.03. The van der Waals surface area contributed by atoms with Crippen LogP contribution in [0.5, 0.6) is 0 Å². The van der Waals surface area contributed by atoms with Crippen LogP contribution in [0.3, 0.4) is 0 Å². The zero-order valence-corrected chi connectivity index (χ0v) is 10.3. The van der Waals surface area contributed by atoms with Crippen molar-refractivity contribution in [3.05, 3.63) is 35.2 Å². The summed E-state index contributed by atoms with van der Waals surface area (Å²) < 4.78 is 5.15. The Morgan fingerprint density at radius 2 is 2.06 bits per heavy atom. The number of halogens is 1. The summed E-state index contributed by atoms with van der Waals surface area (Å²) in [4.78, 5) is 4.31. The standard InChI is InChI=1S/C12H14ClN3O/c1-8(14)2-7-11-15-12(16-17-11)9-3-5-10(13)6-4-9/h3-6,8H,2,7,14H2,1H3. The molecule has 2 aromatic rings. The van der Waals surface area contributed by atoms with Gasteiger partial charge in [0.05, 0.1) is 0 Å². The van der Waals surface area contributed by atoms with Crippen molar-refractivity contribution < 1.29 is 4.52 Å². The Morgan fingerprint density at radius 1 is 1.35 bits per heavy atom. The normalized spacial score (nSPS) is 12.6. The van der Waals surface area contributed by atoms with Gasteiger partial charge in [0, 0.05) is 23.0 Å². The van der Waals surface area contributed by atoms with Gasteiger partial charge in [-0.05, 0) is 37.6 Å². The smallest absolute Gasteiger partial charge is 0.227 e. The molecule has 0 bridgehead atoms.